The lowest BCUT2D eigenvalue weighted by Crippen LogP contribution is -2.44. The second-order valence-electron chi connectivity index (χ2n) is 9.26. The normalized spacial score (nSPS) is 18.1. The van der Waals surface area contributed by atoms with Gasteiger partial charge in [-0.15, -0.1) is 0 Å². The van der Waals surface area contributed by atoms with Crippen LogP contribution in [0.2, 0.25) is 10.0 Å². The summed E-state index contributed by atoms with van der Waals surface area (Å²) in [6, 6.07) is 11.0. The quantitative estimate of drug-likeness (QED) is 0.406. The maximum absolute atomic E-state index is 12.9. The van der Waals surface area contributed by atoms with Gasteiger partial charge >= 0.3 is 0 Å². The lowest BCUT2D eigenvalue weighted by molar-refractivity contribution is -0.126. The molecule has 1 N–H and O–H groups in total. The first-order valence-electron chi connectivity index (χ1n) is 12.6. The average molecular weight is 621 g/mol. The van der Waals surface area contributed by atoms with Crippen molar-refractivity contribution in [1.29, 1.82) is 0 Å². The molecule has 0 atom stereocenters. The van der Waals surface area contributed by atoms with Gasteiger partial charge < -0.3 is 14.8 Å². The average Bonchev–Trinajstić information content (AvgIpc) is 2.94. The number of benzene rings is 2. The number of nitrogens with one attached hydrogen (secondary N) is 1. The van der Waals surface area contributed by atoms with Crippen LogP contribution in [0.5, 0.6) is 5.75 Å². The zero-order valence-corrected chi connectivity index (χ0v) is 24.4. The van der Waals surface area contributed by atoms with Crippen LogP contribution in [0.3, 0.4) is 0 Å². The fourth-order valence-electron chi connectivity index (χ4n) is 4.47. The summed E-state index contributed by atoms with van der Waals surface area (Å²) >= 11 is 12.3. The third kappa shape index (κ3) is 7.63. The summed E-state index contributed by atoms with van der Waals surface area (Å²) in [6.07, 6.45) is 0.808. The Morgan fingerprint density at radius 2 is 1.54 bits per heavy atom. The van der Waals surface area contributed by atoms with E-state index in [0.29, 0.717) is 60.5 Å². The minimum atomic E-state index is -3.63. The summed E-state index contributed by atoms with van der Waals surface area (Å²) in [5.74, 6) is -0.260. The Balaban J connectivity index is 1.19. The van der Waals surface area contributed by atoms with Gasteiger partial charge in [0.15, 0.2) is 0 Å². The summed E-state index contributed by atoms with van der Waals surface area (Å²) in [4.78, 5) is 12.8. The summed E-state index contributed by atoms with van der Waals surface area (Å²) in [5, 5.41) is 3.43. The molecular weight excluding hydrogens is 589 g/mol. The predicted octanol–water partition coefficient (Wildman–Crippen LogP) is 2.75. The van der Waals surface area contributed by atoms with Crippen molar-refractivity contribution in [2.45, 2.75) is 23.5 Å². The molecule has 214 valence electrons. The number of piperidine rings is 1. The van der Waals surface area contributed by atoms with Gasteiger partial charge in [0.05, 0.1) is 30.4 Å². The van der Waals surface area contributed by atoms with E-state index in [2.05, 4.69) is 5.32 Å². The van der Waals surface area contributed by atoms with Crippen LogP contribution in [-0.4, -0.2) is 83.9 Å². The van der Waals surface area contributed by atoms with Crippen LogP contribution in [0.4, 0.5) is 0 Å². The second-order valence-corrected chi connectivity index (χ2v) is 14.0. The highest BCUT2D eigenvalue weighted by Crippen LogP contribution is 2.29. The van der Waals surface area contributed by atoms with Gasteiger partial charge in [-0.2, -0.15) is 4.31 Å². The van der Waals surface area contributed by atoms with Crippen molar-refractivity contribution in [2.75, 3.05) is 52.5 Å². The number of halogens is 2. The Morgan fingerprint density at radius 1 is 0.923 bits per heavy atom. The van der Waals surface area contributed by atoms with E-state index in [1.165, 1.54) is 20.7 Å². The van der Waals surface area contributed by atoms with Crippen LogP contribution in [0, 0.1) is 5.92 Å². The van der Waals surface area contributed by atoms with Gasteiger partial charge in [0.1, 0.15) is 12.4 Å². The molecule has 2 heterocycles. The van der Waals surface area contributed by atoms with Gasteiger partial charge in [-0.25, -0.2) is 21.1 Å². The first-order valence-corrected chi connectivity index (χ1v) is 16.4. The molecule has 2 aliphatic heterocycles. The van der Waals surface area contributed by atoms with Gasteiger partial charge in [0.2, 0.25) is 26.0 Å². The molecule has 2 aliphatic rings. The number of hydrogen-bond acceptors (Lipinski definition) is 7. The monoisotopic (exact) mass is 619 g/mol. The van der Waals surface area contributed by atoms with Crippen molar-refractivity contribution in [2.24, 2.45) is 5.92 Å². The summed E-state index contributed by atoms with van der Waals surface area (Å²) in [6.45, 7) is 2.34. The second kappa shape index (κ2) is 13.2. The Morgan fingerprint density at radius 3 is 2.15 bits per heavy atom. The molecule has 0 radical (unpaired) electrons. The van der Waals surface area contributed by atoms with E-state index in [1.54, 1.807) is 30.3 Å². The van der Waals surface area contributed by atoms with Crippen LogP contribution < -0.4 is 10.1 Å². The zero-order chi connectivity index (χ0) is 28.0. The van der Waals surface area contributed by atoms with Crippen molar-refractivity contribution in [1.82, 2.24) is 13.9 Å². The lowest BCUT2D eigenvalue weighted by Gasteiger charge is -2.30. The van der Waals surface area contributed by atoms with Crippen molar-refractivity contribution in [3.63, 3.8) is 0 Å². The zero-order valence-electron chi connectivity index (χ0n) is 21.2. The number of carbonyl (C=O) groups is 1. The lowest BCUT2D eigenvalue weighted by atomic mass is 9.97. The highest BCUT2D eigenvalue weighted by atomic mass is 35.5. The number of ether oxygens (including phenoxy) is 2. The Hall–Kier alpha value is -1.93. The molecule has 2 fully saturated rings. The molecule has 1 amide bonds. The fraction of sp³-hybridized carbons (Fsp3) is 0.480. The molecule has 4 rings (SSSR count). The van der Waals surface area contributed by atoms with E-state index in [1.807, 2.05) is 0 Å². The van der Waals surface area contributed by atoms with E-state index >= 15 is 0 Å². The first-order chi connectivity index (χ1) is 18.6. The van der Waals surface area contributed by atoms with E-state index in [4.69, 9.17) is 32.7 Å². The minimum Gasteiger partial charge on any atom is -0.492 e. The number of sulfonamides is 2. The number of carbonyl (C=O) groups excluding carboxylic acids is 1. The highest BCUT2D eigenvalue weighted by molar-refractivity contribution is 7.89. The predicted molar refractivity (Wildman–Crippen MR) is 148 cm³/mol. The molecule has 0 aromatic heterocycles. The Bertz CT molecular complexity index is 1340. The van der Waals surface area contributed by atoms with E-state index in [-0.39, 0.29) is 48.7 Å². The topological polar surface area (TPSA) is 122 Å². The molecule has 0 spiro atoms. The summed E-state index contributed by atoms with van der Waals surface area (Å²) < 4.78 is 64.8. The summed E-state index contributed by atoms with van der Waals surface area (Å²) in [7, 11) is -7.21. The number of nitrogens with zero attached hydrogens (tertiary/aromatic N) is 2. The van der Waals surface area contributed by atoms with Crippen LogP contribution in [0.1, 0.15) is 18.4 Å². The van der Waals surface area contributed by atoms with Crippen LogP contribution >= 0.6 is 23.2 Å². The first kappa shape index (κ1) is 30.0. The largest absolute Gasteiger partial charge is 0.492 e. The third-order valence-electron chi connectivity index (χ3n) is 6.71. The van der Waals surface area contributed by atoms with Gasteiger partial charge in [0.25, 0.3) is 0 Å². The molecule has 2 aromatic rings. The molecule has 0 saturated carbocycles. The molecule has 0 bridgehead atoms. The molecular formula is C25H31Cl2N3O7S2. The maximum Gasteiger partial charge on any atom is 0.243 e. The van der Waals surface area contributed by atoms with Gasteiger partial charge in [-0.05, 0) is 49.2 Å². The van der Waals surface area contributed by atoms with Crippen molar-refractivity contribution in [3.05, 3.63) is 58.1 Å². The molecule has 10 nitrogen and oxygen atoms in total. The van der Waals surface area contributed by atoms with Gasteiger partial charge in [-0.1, -0.05) is 29.3 Å². The van der Waals surface area contributed by atoms with Crippen molar-refractivity contribution < 1.29 is 31.1 Å². The van der Waals surface area contributed by atoms with Crippen molar-refractivity contribution >= 4 is 49.2 Å². The van der Waals surface area contributed by atoms with E-state index in [9.17, 15) is 21.6 Å². The maximum atomic E-state index is 12.9. The number of rotatable bonds is 10. The van der Waals surface area contributed by atoms with Crippen LogP contribution in [0.15, 0.2) is 47.4 Å². The van der Waals surface area contributed by atoms with Crippen molar-refractivity contribution in [3.8, 4) is 5.75 Å². The Labute approximate surface area is 239 Å². The highest BCUT2D eigenvalue weighted by Gasteiger charge is 2.32. The Kier molecular flexibility index (Phi) is 10.1. The third-order valence-corrected chi connectivity index (χ3v) is 11.1. The molecule has 0 unspecified atom stereocenters. The van der Waals surface area contributed by atoms with Gasteiger partial charge in [0, 0.05) is 47.7 Å². The number of amides is 1. The molecule has 2 aromatic carbocycles. The van der Waals surface area contributed by atoms with Crippen LogP contribution in [0.25, 0.3) is 0 Å². The SMILES string of the molecule is O=C(NCCOc1ccc(S(=O)(=O)N2CCOCC2)cc1)C1CCN(S(=O)(=O)Cc2c(Cl)cccc2Cl)CC1. The molecule has 2 saturated heterocycles. The fourth-order valence-corrected chi connectivity index (χ4v) is 8.19. The molecule has 0 aliphatic carbocycles. The van der Waals surface area contributed by atoms with E-state index in [0.717, 1.165) is 0 Å². The molecule has 14 heteroatoms. The van der Waals surface area contributed by atoms with Gasteiger partial charge in [-0.3, -0.25) is 4.79 Å². The minimum absolute atomic E-state index is 0.156. The van der Waals surface area contributed by atoms with Crippen LogP contribution in [-0.2, 0) is 35.3 Å². The standard InChI is InChI=1S/C25H31Cl2N3O7S2/c26-23-2-1-3-24(27)22(23)18-38(32,33)29-11-8-19(9-12-29)25(31)28-10-15-37-20-4-6-21(7-5-20)39(34,35)30-13-16-36-17-14-30/h1-7,19H,8-18H2,(H,28,31). The smallest absolute Gasteiger partial charge is 0.243 e. The number of morpholine rings is 1. The number of hydrogen-bond donors (Lipinski definition) is 1. The van der Waals surface area contributed by atoms with E-state index < -0.39 is 20.0 Å². The summed E-state index contributed by atoms with van der Waals surface area (Å²) in [5.41, 5.74) is 0.370. The molecule has 39 heavy (non-hydrogen) atoms.